The molecule has 2 aromatic rings. The molecule has 10 heteroatoms. The minimum Gasteiger partial charge on any atom is -0.322 e. The van der Waals surface area contributed by atoms with Crippen LogP contribution < -0.4 is 10.7 Å². The summed E-state index contributed by atoms with van der Waals surface area (Å²) in [4.78, 5) is 38.5. The van der Waals surface area contributed by atoms with Gasteiger partial charge in [-0.2, -0.15) is 9.81 Å². The van der Waals surface area contributed by atoms with Gasteiger partial charge in [-0.25, -0.2) is 4.79 Å². The number of tetrazole rings is 1. The van der Waals surface area contributed by atoms with Gasteiger partial charge in [-0.15, -0.1) is 10.2 Å². The highest BCUT2D eigenvalue weighted by Crippen LogP contribution is 2.33. The molecule has 2 fully saturated rings. The van der Waals surface area contributed by atoms with Gasteiger partial charge < -0.3 is 5.32 Å². The van der Waals surface area contributed by atoms with Crippen molar-refractivity contribution in [2.45, 2.75) is 64.0 Å². The van der Waals surface area contributed by atoms with Gasteiger partial charge in [-0.1, -0.05) is 57.4 Å². The summed E-state index contributed by atoms with van der Waals surface area (Å²) in [6, 6.07) is 7.23. The molecule has 0 radical (unpaired) electrons. The van der Waals surface area contributed by atoms with Crippen LogP contribution in [0.3, 0.4) is 0 Å². The van der Waals surface area contributed by atoms with Crippen molar-refractivity contribution in [1.82, 2.24) is 36.0 Å². The van der Waals surface area contributed by atoms with Gasteiger partial charge in [0.05, 0.1) is 0 Å². The van der Waals surface area contributed by atoms with Crippen LogP contribution in [0, 0.1) is 0 Å². The summed E-state index contributed by atoms with van der Waals surface area (Å²) in [7, 11) is 0. The third-order valence-electron chi connectivity index (χ3n) is 5.68. The minimum atomic E-state index is -0.885. The number of carbonyl (C=O) groups excluding carboxylic acids is 3. The van der Waals surface area contributed by atoms with Crippen LogP contribution in [-0.2, 0) is 16.1 Å². The molecule has 1 aliphatic heterocycles. The predicted molar refractivity (Wildman–Crippen MR) is 107 cm³/mol. The van der Waals surface area contributed by atoms with Gasteiger partial charge in [-0.3, -0.25) is 15.0 Å². The number of benzene rings is 1. The quantitative estimate of drug-likeness (QED) is 0.723. The van der Waals surface area contributed by atoms with E-state index < -0.39 is 23.4 Å². The highest BCUT2D eigenvalue weighted by atomic mass is 16.2. The molecule has 0 bridgehead atoms. The van der Waals surface area contributed by atoms with Gasteiger partial charge in [0.1, 0.15) is 12.1 Å². The summed E-state index contributed by atoms with van der Waals surface area (Å²) in [5.74, 6) is -0.164. The zero-order valence-corrected chi connectivity index (χ0v) is 17.1. The summed E-state index contributed by atoms with van der Waals surface area (Å²) in [5, 5.41) is 15.6. The number of rotatable bonds is 5. The second-order valence-corrected chi connectivity index (χ2v) is 8.17. The van der Waals surface area contributed by atoms with Crippen LogP contribution in [0.2, 0.25) is 0 Å². The largest absolute Gasteiger partial charge is 0.344 e. The van der Waals surface area contributed by atoms with Crippen molar-refractivity contribution in [3.63, 3.8) is 0 Å². The van der Waals surface area contributed by atoms with E-state index in [9.17, 15) is 14.4 Å². The first kappa shape index (κ1) is 20.0. The van der Waals surface area contributed by atoms with Crippen molar-refractivity contribution in [3.8, 4) is 11.4 Å². The van der Waals surface area contributed by atoms with E-state index in [1.165, 1.54) is 5.56 Å². The number of imide groups is 1. The molecule has 30 heavy (non-hydrogen) atoms. The second-order valence-electron chi connectivity index (χ2n) is 8.17. The molecule has 0 atom stereocenters. The van der Waals surface area contributed by atoms with E-state index in [-0.39, 0.29) is 6.54 Å². The highest BCUT2D eigenvalue weighted by molar-refractivity contribution is 6.07. The van der Waals surface area contributed by atoms with Crippen molar-refractivity contribution in [3.05, 3.63) is 29.8 Å². The second kappa shape index (κ2) is 7.85. The summed E-state index contributed by atoms with van der Waals surface area (Å²) >= 11 is 0. The number of hydrazine groups is 1. The molecule has 158 valence electrons. The summed E-state index contributed by atoms with van der Waals surface area (Å²) in [6.45, 7) is 3.97. The molecule has 0 unspecified atom stereocenters. The molecule has 2 aliphatic rings. The number of nitrogens with one attached hydrogen (secondary N) is 2. The van der Waals surface area contributed by atoms with Crippen LogP contribution in [-0.4, -0.2) is 48.6 Å². The Kier molecular flexibility index (Phi) is 5.23. The molecule has 4 amide bonds. The average molecular weight is 411 g/mol. The maximum atomic E-state index is 12.7. The van der Waals surface area contributed by atoms with Gasteiger partial charge >= 0.3 is 6.03 Å². The zero-order chi connectivity index (χ0) is 21.3. The number of aromatic nitrogens is 4. The Labute approximate surface area is 174 Å². The molecule has 10 nitrogen and oxygen atoms in total. The molecule has 4 rings (SSSR count). The van der Waals surface area contributed by atoms with E-state index in [1.54, 1.807) is 0 Å². The van der Waals surface area contributed by atoms with Gasteiger partial charge in [0.25, 0.3) is 11.8 Å². The van der Waals surface area contributed by atoms with Crippen molar-refractivity contribution < 1.29 is 14.4 Å². The monoisotopic (exact) mass is 411 g/mol. The fourth-order valence-corrected chi connectivity index (χ4v) is 3.95. The lowest BCUT2D eigenvalue weighted by Gasteiger charge is -2.30. The molecular formula is C20H25N7O3. The molecule has 1 spiro atoms. The van der Waals surface area contributed by atoms with Crippen LogP contribution >= 0.6 is 0 Å². The van der Waals surface area contributed by atoms with E-state index >= 15 is 0 Å². The van der Waals surface area contributed by atoms with Crippen molar-refractivity contribution in [1.29, 1.82) is 0 Å². The van der Waals surface area contributed by atoms with Crippen LogP contribution in [0.1, 0.15) is 57.4 Å². The maximum Gasteiger partial charge on any atom is 0.344 e. The lowest BCUT2D eigenvalue weighted by Crippen LogP contribution is -2.51. The van der Waals surface area contributed by atoms with E-state index in [2.05, 4.69) is 40.0 Å². The number of hydrogen-bond donors (Lipinski definition) is 2. The van der Waals surface area contributed by atoms with E-state index in [0.717, 1.165) is 34.6 Å². The Morgan fingerprint density at radius 3 is 2.53 bits per heavy atom. The van der Waals surface area contributed by atoms with Gasteiger partial charge in [0.2, 0.25) is 5.82 Å². The van der Waals surface area contributed by atoms with Crippen molar-refractivity contribution >= 4 is 17.8 Å². The molecule has 1 aromatic carbocycles. The average Bonchev–Trinajstić information content (AvgIpc) is 3.28. The van der Waals surface area contributed by atoms with Gasteiger partial charge in [-0.05, 0) is 29.5 Å². The Morgan fingerprint density at radius 1 is 1.17 bits per heavy atom. The molecule has 1 aliphatic carbocycles. The number of hydrogen-bond acceptors (Lipinski definition) is 6. The molecular weight excluding hydrogens is 386 g/mol. The fourth-order valence-electron chi connectivity index (χ4n) is 3.95. The third kappa shape index (κ3) is 3.77. The van der Waals surface area contributed by atoms with Crippen LogP contribution in [0.5, 0.6) is 0 Å². The van der Waals surface area contributed by atoms with Gasteiger partial charge in [0.15, 0.2) is 0 Å². The van der Waals surface area contributed by atoms with E-state index in [4.69, 9.17) is 0 Å². The minimum absolute atomic E-state index is 0.263. The first-order valence-corrected chi connectivity index (χ1v) is 10.2. The van der Waals surface area contributed by atoms with Crippen molar-refractivity contribution in [2.24, 2.45) is 0 Å². The molecule has 1 saturated heterocycles. The van der Waals surface area contributed by atoms with Gasteiger partial charge in [0, 0.05) is 5.56 Å². The Morgan fingerprint density at radius 2 is 1.87 bits per heavy atom. The SMILES string of the molecule is CC(C)c1ccc(-c2nnn(CC(=O)NN3C(=O)NC4(CCCCC4)C3=O)n2)cc1. The topological polar surface area (TPSA) is 122 Å². The summed E-state index contributed by atoms with van der Waals surface area (Å²) in [6.07, 6.45) is 3.97. The van der Waals surface area contributed by atoms with E-state index in [1.807, 2.05) is 24.3 Å². The fraction of sp³-hybridized carbons (Fsp3) is 0.500. The first-order valence-electron chi connectivity index (χ1n) is 10.2. The Balaban J connectivity index is 1.39. The third-order valence-corrected chi connectivity index (χ3v) is 5.68. The molecule has 2 heterocycles. The normalized spacial score (nSPS) is 18.2. The van der Waals surface area contributed by atoms with Crippen LogP contribution in [0.25, 0.3) is 11.4 Å². The number of carbonyl (C=O) groups is 3. The number of nitrogens with zero attached hydrogens (tertiary/aromatic N) is 5. The molecule has 1 saturated carbocycles. The van der Waals surface area contributed by atoms with Crippen LogP contribution in [0.4, 0.5) is 4.79 Å². The lowest BCUT2D eigenvalue weighted by molar-refractivity contribution is -0.140. The zero-order valence-electron chi connectivity index (χ0n) is 17.1. The molecule has 1 aromatic heterocycles. The lowest BCUT2D eigenvalue weighted by atomic mass is 9.82. The summed E-state index contributed by atoms with van der Waals surface area (Å²) < 4.78 is 0. The van der Waals surface area contributed by atoms with Crippen molar-refractivity contribution in [2.75, 3.05) is 0 Å². The van der Waals surface area contributed by atoms with E-state index in [0.29, 0.717) is 24.6 Å². The summed E-state index contributed by atoms with van der Waals surface area (Å²) in [5.41, 5.74) is 3.48. The molecule has 2 N–H and O–H groups in total. The number of urea groups is 1. The predicted octanol–water partition coefficient (Wildman–Crippen LogP) is 1.75. The van der Waals surface area contributed by atoms with Crippen LogP contribution in [0.15, 0.2) is 24.3 Å². The number of amides is 4. The maximum absolute atomic E-state index is 12.7. The Bertz CT molecular complexity index is 961. The Hall–Kier alpha value is -3.30. The smallest absolute Gasteiger partial charge is 0.322 e. The highest BCUT2D eigenvalue weighted by Gasteiger charge is 2.52. The first-order chi connectivity index (χ1) is 14.4. The standard InChI is InChI=1S/C20H25N7O3/c1-13(2)14-6-8-15(9-7-14)17-22-25-26(24-17)12-16(28)23-27-18(29)20(21-19(27)30)10-4-3-5-11-20/h6-9,13H,3-5,10-12H2,1-2H3,(H,21,30)(H,23,28).